The topological polar surface area (TPSA) is 80.5 Å². The van der Waals surface area contributed by atoms with Gasteiger partial charge in [0.25, 0.3) is 0 Å². The average Bonchev–Trinajstić information content (AvgIpc) is 2.86. The van der Waals surface area contributed by atoms with Gasteiger partial charge in [-0.25, -0.2) is 0 Å². The van der Waals surface area contributed by atoms with Gasteiger partial charge in [-0.2, -0.15) is 0 Å². The number of Topliss-reactive ketones (excluding diaryl/α,β-unsaturated/α-hetero) is 1. The summed E-state index contributed by atoms with van der Waals surface area (Å²) in [5.74, 6) is -1.34. The number of fused-ring (bicyclic) bond motifs is 1. The van der Waals surface area contributed by atoms with Crippen LogP contribution >= 0.6 is 15.9 Å². The Bertz CT molecular complexity index is 868. The van der Waals surface area contributed by atoms with Crippen molar-refractivity contribution in [2.75, 3.05) is 11.4 Å². The summed E-state index contributed by atoms with van der Waals surface area (Å²) in [4.78, 5) is 37.5. The second kappa shape index (κ2) is 6.76. The number of anilines is 1. The molecular weight excluding hydrogens is 388 g/mol. The van der Waals surface area contributed by atoms with Crippen molar-refractivity contribution >= 4 is 33.3 Å². The summed E-state index contributed by atoms with van der Waals surface area (Å²) in [6.45, 7) is 0.919. The number of benzene rings is 2. The molecule has 0 saturated carbocycles. The first-order valence-electron chi connectivity index (χ1n) is 7.71. The number of hydrogen-bond acceptors (Lipinski definition) is 4. The van der Waals surface area contributed by atoms with Gasteiger partial charge in [-0.15, -0.1) is 0 Å². The van der Waals surface area contributed by atoms with Crippen LogP contribution in [0.3, 0.4) is 0 Å². The summed E-state index contributed by atoms with van der Waals surface area (Å²) in [6, 6.07) is 12.9. The Morgan fingerprint density at radius 3 is 2.52 bits per heavy atom. The fourth-order valence-corrected chi connectivity index (χ4v) is 3.93. The highest BCUT2D eigenvalue weighted by molar-refractivity contribution is 9.10. The number of carbonyl (C=O) groups is 2. The molecule has 128 valence electrons. The highest BCUT2D eigenvalue weighted by Gasteiger charge is 2.46. The van der Waals surface area contributed by atoms with E-state index in [1.165, 1.54) is 11.8 Å². The molecule has 3 rings (SSSR count). The van der Waals surface area contributed by atoms with Gasteiger partial charge in [0.15, 0.2) is 5.78 Å². The lowest BCUT2D eigenvalue weighted by atomic mass is 9.88. The molecule has 0 aliphatic carbocycles. The minimum Gasteiger partial charge on any atom is -0.300 e. The molecule has 1 amide bonds. The predicted octanol–water partition coefficient (Wildman–Crippen LogP) is 3.43. The van der Waals surface area contributed by atoms with E-state index in [1.807, 2.05) is 0 Å². The molecule has 1 aliphatic heterocycles. The first-order valence-corrected chi connectivity index (χ1v) is 8.50. The zero-order valence-electron chi connectivity index (χ0n) is 13.4. The summed E-state index contributed by atoms with van der Waals surface area (Å²) < 4.78 is 0.675. The second-order valence-electron chi connectivity index (χ2n) is 5.86. The number of amides is 1. The summed E-state index contributed by atoms with van der Waals surface area (Å²) in [6.07, 6.45) is 0. The van der Waals surface area contributed by atoms with Gasteiger partial charge in [0.05, 0.1) is 11.6 Å². The maximum atomic E-state index is 13.0. The van der Waals surface area contributed by atoms with Gasteiger partial charge in [-0.05, 0) is 23.8 Å². The van der Waals surface area contributed by atoms with Crippen LogP contribution in [0.25, 0.3) is 0 Å². The van der Waals surface area contributed by atoms with Crippen molar-refractivity contribution in [2.24, 2.45) is 0 Å². The van der Waals surface area contributed by atoms with Crippen molar-refractivity contribution in [2.45, 2.75) is 18.9 Å². The van der Waals surface area contributed by atoms with Crippen molar-refractivity contribution in [1.29, 1.82) is 0 Å². The Morgan fingerprint density at radius 2 is 1.88 bits per heavy atom. The molecule has 0 radical (unpaired) electrons. The molecule has 0 unspecified atom stereocenters. The smallest absolute Gasteiger partial charge is 0.224 e. The van der Waals surface area contributed by atoms with Crippen LogP contribution in [0.1, 0.15) is 28.8 Å². The second-order valence-corrected chi connectivity index (χ2v) is 6.71. The third-order valence-corrected chi connectivity index (χ3v) is 5.07. The Labute approximate surface area is 152 Å². The first-order chi connectivity index (χ1) is 11.9. The quantitative estimate of drug-likeness (QED) is 0.579. The number of rotatable bonds is 4. The largest absolute Gasteiger partial charge is 0.300 e. The molecule has 7 heteroatoms. The number of hydrogen-bond donors (Lipinski definition) is 0. The minimum atomic E-state index is -0.931. The van der Waals surface area contributed by atoms with Crippen molar-refractivity contribution in [3.63, 3.8) is 0 Å². The lowest BCUT2D eigenvalue weighted by molar-refractivity contribution is -0.483. The number of nitro groups is 1. The van der Waals surface area contributed by atoms with E-state index in [1.54, 1.807) is 48.5 Å². The molecule has 2 aromatic rings. The number of para-hydroxylation sites is 1. The lowest BCUT2D eigenvalue weighted by Gasteiger charge is -2.29. The maximum Gasteiger partial charge on any atom is 0.224 e. The molecule has 0 N–H and O–H groups in total. The number of carbonyl (C=O) groups excluding carboxylic acids is 2. The molecule has 2 atom stereocenters. The highest BCUT2D eigenvalue weighted by Crippen LogP contribution is 2.40. The van der Waals surface area contributed by atoms with Crippen LogP contribution in [0.2, 0.25) is 0 Å². The fraction of sp³-hybridized carbons (Fsp3) is 0.222. The summed E-state index contributed by atoms with van der Waals surface area (Å²) in [5, 5.41) is 11.3. The van der Waals surface area contributed by atoms with Gasteiger partial charge in [0.2, 0.25) is 12.5 Å². The zero-order chi connectivity index (χ0) is 18.1. The van der Waals surface area contributed by atoms with Crippen molar-refractivity contribution < 1.29 is 14.5 Å². The van der Waals surface area contributed by atoms with E-state index in [0.29, 0.717) is 21.3 Å². The van der Waals surface area contributed by atoms with Crippen LogP contribution in [-0.2, 0) is 4.79 Å². The molecule has 0 spiro atoms. The average molecular weight is 403 g/mol. The first kappa shape index (κ1) is 17.3. The van der Waals surface area contributed by atoms with E-state index >= 15 is 0 Å². The van der Waals surface area contributed by atoms with Crippen LogP contribution in [0.4, 0.5) is 5.69 Å². The zero-order valence-corrected chi connectivity index (χ0v) is 15.0. The number of nitrogens with zero attached hydrogens (tertiary/aromatic N) is 2. The van der Waals surface area contributed by atoms with E-state index in [2.05, 4.69) is 15.9 Å². The maximum absolute atomic E-state index is 13.0. The van der Waals surface area contributed by atoms with E-state index in [9.17, 15) is 19.7 Å². The lowest BCUT2D eigenvalue weighted by Crippen LogP contribution is -2.45. The number of halogens is 1. The third-order valence-electron chi connectivity index (χ3n) is 4.35. The highest BCUT2D eigenvalue weighted by atomic mass is 79.9. The van der Waals surface area contributed by atoms with Gasteiger partial charge < -0.3 is 4.90 Å². The monoisotopic (exact) mass is 402 g/mol. The Balaban J connectivity index is 2.15. The Hall–Kier alpha value is -2.54. The van der Waals surface area contributed by atoms with Gasteiger partial charge in [-0.1, -0.05) is 46.3 Å². The molecule has 0 aromatic heterocycles. The van der Waals surface area contributed by atoms with Crippen LogP contribution in [0.5, 0.6) is 0 Å². The molecule has 0 bridgehead atoms. The summed E-state index contributed by atoms with van der Waals surface area (Å²) in [7, 11) is 0. The van der Waals surface area contributed by atoms with Crippen molar-refractivity contribution in [3.8, 4) is 0 Å². The molecule has 0 fully saturated rings. The van der Waals surface area contributed by atoms with Gasteiger partial charge >= 0.3 is 0 Å². The van der Waals surface area contributed by atoms with Crippen LogP contribution in [-0.4, -0.2) is 29.2 Å². The van der Waals surface area contributed by atoms with Gasteiger partial charge in [-0.3, -0.25) is 19.7 Å². The molecule has 1 aliphatic rings. The van der Waals surface area contributed by atoms with Crippen LogP contribution in [0.15, 0.2) is 53.0 Å². The molecule has 1 heterocycles. The van der Waals surface area contributed by atoms with E-state index < -0.39 is 23.4 Å². The standard InChI is InChI=1S/C18H15BrN2O4/c1-11(22)21-16-9-5-3-7-13(16)18(23)17(21)14(10-20(24)25)12-6-2-4-8-15(12)19/h2-9,14,17H,10H2,1H3/t14-,17+/m1/s1. The van der Waals surface area contributed by atoms with Crippen LogP contribution < -0.4 is 4.90 Å². The van der Waals surface area contributed by atoms with E-state index in [0.717, 1.165) is 0 Å². The predicted molar refractivity (Wildman–Crippen MR) is 96.5 cm³/mol. The minimum absolute atomic E-state index is 0.270. The van der Waals surface area contributed by atoms with Crippen molar-refractivity contribution in [3.05, 3.63) is 74.2 Å². The Morgan fingerprint density at radius 1 is 1.24 bits per heavy atom. The molecule has 25 heavy (non-hydrogen) atoms. The van der Waals surface area contributed by atoms with Crippen molar-refractivity contribution in [1.82, 2.24) is 0 Å². The van der Waals surface area contributed by atoms with Gasteiger partial charge in [0, 0.05) is 21.9 Å². The SMILES string of the molecule is CC(=O)N1c2ccccc2C(=O)[C@@H]1[C@H](C[N+](=O)[O-])c1ccccc1Br. The molecule has 6 nitrogen and oxygen atoms in total. The normalized spacial score (nSPS) is 17.3. The molecule has 0 saturated heterocycles. The van der Waals surface area contributed by atoms with E-state index in [4.69, 9.17) is 0 Å². The summed E-state index contributed by atoms with van der Waals surface area (Å²) >= 11 is 3.41. The molecule has 2 aromatic carbocycles. The van der Waals surface area contributed by atoms with Gasteiger partial charge in [0.1, 0.15) is 6.04 Å². The fourth-order valence-electron chi connectivity index (χ4n) is 3.35. The molecular formula is C18H15BrN2O4. The Kier molecular flexibility index (Phi) is 4.67. The summed E-state index contributed by atoms with van der Waals surface area (Å²) in [5.41, 5.74) is 1.56. The van der Waals surface area contributed by atoms with Crippen LogP contribution in [0, 0.1) is 10.1 Å². The number of ketones is 1. The third kappa shape index (κ3) is 3.07. The van der Waals surface area contributed by atoms with E-state index in [-0.39, 0.29) is 11.7 Å².